The molecule has 1 aliphatic rings. The highest BCUT2D eigenvalue weighted by atomic mass is 16.2. The molecule has 1 unspecified atom stereocenters. The van der Waals surface area contributed by atoms with Crippen LogP contribution in [-0.2, 0) is 9.59 Å². The third kappa shape index (κ3) is 4.29. The Balaban J connectivity index is 2.53. The molecule has 2 amide bonds. The fourth-order valence-corrected chi connectivity index (χ4v) is 2.13. The molecule has 1 rings (SSSR count). The molecule has 0 aliphatic carbocycles. The molecule has 18 heavy (non-hydrogen) atoms. The molecule has 0 spiro atoms. The van der Waals surface area contributed by atoms with E-state index in [4.69, 9.17) is 5.73 Å². The molecule has 0 radical (unpaired) electrons. The van der Waals surface area contributed by atoms with Crippen molar-refractivity contribution in [3.05, 3.63) is 0 Å². The topological polar surface area (TPSA) is 75.4 Å². The van der Waals surface area contributed by atoms with Crippen molar-refractivity contribution in [3.8, 4) is 0 Å². The number of rotatable bonds is 5. The number of carbonyl (C=O) groups is 2. The smallest absolute Gasteiger partial charge is 0.242 e. The Bertz CT molecular complexity index is 310. The monoisotopic (exact) mass is 255 g/mol. The van der Waals surface area contributed by atoms with E-state index in [-0.39, 0.29) is 17.9 Å². The van der Waals surface area contributed by atoms with E-state index in [1.54, 1.807) is 4.90 Å². The number of nitrogens with one attached hydrogen (secondary N) is 1. The summed E-state index contributed by atoms with van der Waals surface area (Å²) < 4.78 is 0. The highest BCUT2D eigenvalue weighted by Crippen LogP contribution is 2.19. The molecule has 0 aromatic rings. The molecule has 5 nitrogen and oxygen atoms in total. The van der Waals surface area contributed by atoms with Gasteiger partial charge in [0.1, 0.15) is 6.04 Å². The summed E-state index contributed by atoms with van der Waals surface area (Å²) in [5.74, 6) is 0.0117. The number of nitrogens with zero attached hydrogens (tertiary/aromatic N) is 1. The minimum absolute atomic E-state index is 0.0736. The first-order chi connectivity index (χ1) is 8.35. The first kappa shape index (κ1) is 15.0. The molecule has 3 N–H and O–H groups in total. The van der Waals surface area contributed by atoms with E-state index in [0.717, 1.165) is 19.3 Å². The van der Waals surface area contributed by atoms with Crippen LogP contribution < -0.4 is 11.1 Å². The summed E-state index contributed by atoms with van der Waals surface area (Å²) in [5, 5.41) is 2.83. The zero-order valence-electron chi connectivity index (χ0n) is 11.7. The fraction of sp³-hybridized carbons (Fsp3) is 0.846. The molecule has 1 heterocycles. The van der Waals surface area contributed by atoms with E-state index in [2.05, 4.69) is 5.32 Å². The number of hydrogen-bond donors (Lipinski definition) is 2. The molecule has 104 valence electrons. The second-order valence-corrected chi connectivity index (χ2v) is 5.70. The molecule has 0 aromatic heterocycles. The van der Waals surface area contributed by atoms with Crippen LogP contribution >= 0.6 is 0 Å². The van der Waals surface area contributed by atoms with E-state index in [9.17, 15) is 9.59 Å². The Labute approximate surface area is 109 Å². The lowest BCUT2D eigenvalue weighted by Gasteiger charge is -2.26. The predicted octanol–water partition coefficient (Wildman–Crippen LogP) is 0.631. The van der Waals surface area contributed by atoms with Crippen molar-refractivity contribution in [3.63, 3.8) is 0 Å². The summed E-state index contributed by atoms with van der Waals surface area (Å²) in [7, 11) is 0. The summed E-state index contributed by atoms with van der Waals surface area (Å²) >= 11 is 0. The van der Waals surface area contributed by atoms with Crippen LogP contribution in [0.5, 0.6) is 0 Å². The summed E-state index contributed by atoms with van der Waals surface area (Å²) in [6.45, 7) is 6.82. The lowest BCUT2D eigenvalue weighted by molar-refractivity contribution is -0.138. The van der Waals surface area contributed by atoms with Crippen LogP contribution in [0.15, 0.2) is 0 Å². The Morgan fingerprint density at radius 1 is 1.44 bits per heavy atom. The normalized spacial score (nSPS) is 20.0. The molecular formula is C13H25N3O2. The highest BCUT2D eigenvalue weighted by Gasteiger charge is 2.33. The second kappa shape index (κ2) is 6.18. The number of likely N-dealkylation sites (tertiary alicyclic amines) is 1. The molecule has 0 aromatic carbocycles. The quantitative estimate of drug-likeness (QED) is 0.756. The van der Waals surface area contributed by atoms with Gasteiger partial charge in [-0.2, -0.15) is 0 Å². The van der Waals surface area contributed by atoms with Crippen molar-refractivity contribution in [2.45, 2.75) is 58.0 Å². The minimum Gasteiger partial charge on any atom is -0.352 e. The van der Waals surface area contributed by atoms with Gasteiger partial charge in [-0.1, -0.05) is 6.92 Å². The van der Waals surface area contributed by atoms with Crippen LogP contribution in [-0.4, -0.2) is 41.4 Å². The van der Waals surface area contributed by atoms with E-state index in [1.807, 2.05) is 20.8 Å². The van der Waals surface area contributed by atoms with Crippen LogP contribution in [0, 0.1) is 0 Å². The minimum atomic E-state index is -0.424. The van der Waals surface area contributed by atoms with Crippen molar-refractivity contribution in [1.82, 2.24) is 10.2 Å². The van der Waals surface area contributed by atoms with Gasteiger partial charge < -0.3 is 16.0 Å². The molecule has 1 fully saturated rings. The maximum Gasteiger partial charge on any atom is 0.242 e. The Hall–Kier alpha value is -1.10. The van der Waals surface area contributed by atoms with E-state index in [1.165, 1.54) is 0 Å². The molecule has 5 heteroatoms. The molecule has 0 bridgehead atoms. The van der Waals surface area contributed by atoms with Crippen LogP contribution in [0.1, 0.15) is 46.5 Å². The first-order valence-corrected chi connectivity index (χ1v) is 6.71. The van der Waals surface area contributed by atoms with E-state index >= 15 is 0 Å². The number of hydrogen-bond acceptors (Lipinski definition) is 3. The largest absolute Gasteiger partial charge is 0.352 e. The van der Waals surface area contributed by atoms with Crippen LogP contribution in [0.4, 0.5) is 0 Å². The number of nitrogens with two attached hydrogens (primary N) is 1. The Kier molecular flexibility index (Phi) is 5.14. The van der Waals surface area contributed by atoms with Crippen molar-refractivity contribution in [2.75, 3.05) is 13.1 Å². The van der Waals surface area contributed by atoms with Crippen molar-refractivity contribution in [2.24, 2.45) is 5.73 Å². The molecule has 1 saturated heterocycles. The van der Waals surface area contributed by atoms with Crippen molar-refractivity contribution >= 4 is 11.8 Å². The first-order valence-electron chi connectivity index (χ1n) is 6.71. The maximum absolute atomic E-state index is 12.1. The summed E-state index contributed by atoms with van der Waals surface area (Å²) in [6, 6.07) is -0.300. The second-order valence-electron chi connectivity index (χ2n) is 5.70. The van der Waals surface area contributed by atoms with Gasteiger partial charge in [0.15, 0.2) is 0 Å². The van der Waals surface area contributed by atoms with Gasteiger partial charge >= 0.3 is 0 Å². The summed E-state index contributed by atoms with van der Waals surface area (Å²) in [5.41, 5.74) is 5.41. The van der Waals surface area contributed by atoms with Gasteiger partial charge in [-0.15, -0.1) is 0 Å². The average Bonchev–Trinajstić information content (AvgIpc) is 2.74. The maximum atomic E-state index is 12.1. The predicted molar refractivity (Wildman–Crippen MR) is 70.9 cm³/mol. The van der Waals surface area contributed by atoms with Gasteiger partial charge in [0.25, 0.3) is 0 Å². The standard InChI is InChI=1S/C13H25N3O2/c1-4-6-11(17)16-8-5-7-10(16)12(18)15-9-13(2,3)14/h10H,4-9,14H2,1-3H3,(H,15,18). The van der Waals surface area contributed by atoms with Gasteiger partial charge in [0.2, 0.25) is 11.8 Å². The van der Waals surface area contributed by atoms with Crippen LogP contribution in [0.25, 0.3) is 0 Å². The Morgan fingerprint density at radius 2 is 2.11 bits per heavy atom. The average molecular weight is 255 g/mol. The van der Waals surface area contributed by atoms with Crippen LogP contribution in [0.2, 0.25) is 0 Å². The van der Waals surface area contributed by atoms with Crippen molar-refractivity contribution in [1.29, 1.82) is 0 Å². The van der Waals surface area contributed by atoms with Gasteiger partial charge in [-0.3, -0.25) is 9.59 Å². The van der Waals surface area contributed by atoms with Crippen molar-refractivity contribution < 1.29 is 9.59 Å². The zero-order chi connectivity index (χ0) is 13.8. The van der Waals surface area contributed by atoms with Crippen LogP contribution in [0.3, 0.4) is 0 Å². The summed E-state index contributed by atoms with van der Waals surface area (Å²) in [4.78, 5) is 25.6. The lowest BCUT2D eigenvalue weighted by Crippen LogP contribution is -2.51. The fourth-order valence-electron chi connectivity index (χ4n) is 2.13. The number of amides is 2. The molecule has 1 aliphatic heterocycles. The lowest BCUT2D eigenvalue weighted by atomic mass is 10.1. The SMILES string of the molecule is CCCC(=O)N1CCCC1C(=O)NCC(C)(C)N. The summed E-state index contributed by atoms with van der Waals surface area (Å²) in [6.07, 6.45) is 3.00. The molecule has 0 saturated carbocycles. The molecule has 1 atom stereocenters. The van der Waals surface area contributed by atoms with E-state index < -0.39 is 5.54 Å². The zero-order valence-corrected chi connectivity index (χ0v) is 11.7. The number of carbonyl (C=O) groups excluding carboxylic acids is 2. The van der Waals surface area contributed by atoms with Gasteiger partial charge in [-0.25, -0.2) is 0 Å². The Morgan fingerprint density at radius 3 is 2.67 bits per heavy atom. The third-order valence-electron chi connectivity index (χ3n) is 3.06. The van der Waals surface area contributed by atoms with Gasteiger partial charge in [0.05, 0.1) is 0 Å². The van der Waals surface area contributed by atoms with E-state index in [0.29, 0.717) is 19.5 Å². The van der Waals surface area contributed by atoms with Gasteiger partial charge in [0, 0.05) is 25.0 Å². The van der Waals surface area contributed by atoms with Gasteiger partial charge in [-0.05, 0) is 33.1 Å². The third-order valence-corrected chi connectivity index (χ3v) is 3.06. The molecular weight excluding hydrogens is 230 g/mol. The highest BCUT2D eigenvalue weighted by molar-refractivity contribution is 5.88.